The first-order chi connectivity index (χ1) is 17.3. The minimum absolute atomic E-state index is 0. The first-order valence-electron chi connectivity index (χ1n) is 12.5. The summed E-state index contributed by atoms with van der Waals surface area (Å²) in [6, 6.07) is 12.8. The molecule has 0 amide bonds. The number of thioether (sulfide) groups is 2. The van der Waals surface area contributed by atoms with E-state index in [9.17, 15) is 18.7 Å². The van der Waals surface area contributed by atoms with Gasteiger partial charge in [-0.25, -0.2) is 8.78 Å². The number of aliphatic hydroxyl groups is 1. The van der Waals surface area contributed by atoms with Gasteiger partial charge in [-0.05, 0) is 44.5 Å². The summed E-state index contributed by atoms with van der Waals surface area (Å²) in [6.07, 6.45) is 6.45. The SMILES string of the molecule is CCN1CCC(=O)CC1.CCN1CCC(O)(c2cccc(SC)c2F)CC1.CSc1ccc[c-]c1F.Cl.[Li+]. The fraction of sp³-hybridized carbons (Fsp3) is 0.536. The Hall–Kier alpha value is -0.563. The first kappa shape index (κ1) is 37.4. The van der Waals surface area contributed by atoms with Gasteiger partial charge in [-0.1, -0.05) is 30.9 Å². The number of nitrogens with zero attached hydrogens (tertiary/aromatic N) is 2. The largest absolute Gasteiger partial charge is 1.00 e. The monoisotopic (exact) mass is 580 g/mol. The molecule has 0 spiro atoms. The van der Waals surface area contributed by atoms with Crippen molar-refractivity contribution in [2.24, 2.45) is 0 Å². The fourth-order valence-corrected chi connectivity index (χ4v) is 5.17. The first-order valence-corrected chi connectivity index (χ1v) is 14.9. The van der Waals surface area contributed by atoms with Crippen LogP contribution in [-0.2, 0) is 10.4 Å². The molecule has 0 radical (unpaired) electrons. The van der Waals surface area contributed by atoms with Gasteiger partial charge in [0.25, 0.3) is 0 Å². The van der Waals surface area contributed by atoms with Gasteiger partial charge >= 0.3 is 18.9 Å². The van der Waals surface area contributed by atoms with Gasteiger partial charge in [0, 0.05) is 55.3 Å². The topological polar surface area (TPSA) is 43.8 Å². The maximum atomic E-state index is 14.3. The normalized spacial score (nSPS) is 17.1. The van der Waals surface area contributed by atoms with Crippen LogP contribution in [0.1, 0.15) is 45.1 Å². The minimum atomic E-state index is -0.999. The molecule has 208 valence electrons. The van der Waals surface area contributed by atoms with Crippen LogP contribution in [0.4, 0.5) is 8.78 Å². The van der Waals surface area contributed by atoms with Gasteiger partial charge in [0.1, 0.15) is 11.6 Å². The number of halogens is 3. The molecule has 2 aromatic carbocycles. The fourth-order valence-electron chi connectivity index (χ4n) is 4.21. The summed E-state index contributed by atoms with van der Waals surface area (Å²) in [7, 11) is 0. The van der Waals surface area contributed by atoms with Gasteiger partial charge in [0.05, 0.1) is 5.60 Å². The Kier molecular flexibility index (Phi) is 19.2. The Bertz CT molecular complexity index is 956. The molecule has 0 unspecified atom stereocenters. The van der Waals surface area contributed by atoms with Crippen molar-refractivity contribution in [3.63, 3.8) is 0 Å². The summed E-state index contributed by atoms with van der Waals surface area (Å²) in [4.78, 5) is 16.5. The van der Waals surface area contributed by atoms with Crippen LogP contribution < -0.4 is 18.9 Å². The second kappa shape index (κ2) is 19.5. The van der Waals surface area contributed by atoms with E-state index < -0.39 is 5.60 Å². The number of piperidine rings is 2. The Morgan fingerprint density at radius 2 is 1.45 bits per heavy atom. The molecule has 2 aliphatic heterocycles. The van der Waals surface area contributed by atoms with Crippen LogP contribution >= 0.6 is 35.9 Å². The molecule has 2 fully saturated rings. The third-order valence-electron chi connectivity index (χ3n) is 6.67. The summed E-state index contributed by atoms with van der Waals surface area (Å²) in [5.41, 5.74) is -0.535. The molecule has 0 bridgehead atoms. The molecule has 4 nitrogen and oxygen atoms in total. The number of likely N-dealkylation sites (tertiary alicyclic amines) is 2. The molecular formula is C28H40ClF2LiN2O2S2. The second-order valence-corrected chi connectivity index (χ2v) is 10.5. The van der Waals surface area contributed by atoms with E-state index in [2.05, 4.69) is 29.7 Å². The zero-order valence-electron chi connectivity index (χ0n) is 23.3. The van der Waals surface area contributed by atoms with E-state index in [4.69, 9.17) is 0 Å². The smallest absolute Gasteiger partial charge is 0.385 e. The van der Waals surface area contributed by atoms with E-state index in [0.717, 1.165) is 52.1 Å². The molecule has 38 heavy (non-hydrogen) atoms. The van der Waals surface area contributed by atoms with E-state index in [0.29, 0.717) is 34.0 Å². The average Bonchev–Trinajstić information content (AvgIpc) is 2.91. The number of hydrogen-bond donors (Lipinski definition) is 1. The third-order valence-corrected chi connectivity index (χ3v) is 8.18. The number of carbonyl (C=O) groups is 1. The zero-order valence-corrected chi connectivity index (χ0v) is 25.7. The summed E-state index contributed by atoms with van der Waals surface area (Å²) >= 11 is 2.77. The third kappa shape index (κ3) is 11.5. The predicted molar refractivity (Wildman–Crippen MR) is 154 cm³/mol. The Morgan fingerprint density at radius 3 is 1.92 bits per heavy atom. The molecule has 1 N–H and O–H groups in total. The Labute approximate surface area is 254 Å². The molecule has 0 saturated carbocycles. The Balaban J connectivity index is 0.000000581. The van der Waals surface area contributed by atoms with Crippen molar-refractivity contribution >= 4 is 41.7 Å². The number of hydrogen-bond acceptors (Lipinski definition) is 6. The summed E-state index contributed by atoms with van der Waals surface area (Å²) in [5, 5.41) is 10.7. The van der Waals surface area contributed by atoms with Gasteiger partial charge in [0.2, 0.25) is 0 Å². The van der Waals surface area contributed by atoms with Crippen LogP contribution in [0, 0.1) is 17.7 Å². The number of ketones is 1. The van der Waals surface area contributed by atoms with E-state index in [1.165, 1.54) is 23.5 Å². The number of Topliss-reactive ketones (excluding diaryl/α,β-unsaturated/α-hetero) is 1. The van der Waals surface area contributed by atoms with Crippen molar-refractivity contribution in [2.45, 2.75) is 54.9 Å². The molecule has 0 aromatic heterocycles. The van der Waals surface area contributed by atoms with Crippen LogP contribution in [0.15, 0.2) is 46.2 Å². The minimum Gasteiger partial charge on any atom is -0.385 e. The average molecular weight is 581 g/mol. The maximum absolute atomic E-state index is 14.3. The number of rotatable bonds is 5. The van der Waals surface area contributed by atoms with Crippen LogP contribution in [0.25, 0.3) is 0 Å². The van der Waals surface area contributed by atoms with Crippen molar-refractivity contribution in [3.8, 4) is 0 Å². The van der Waals surface area contributed by atoms with E-state index in [1.54, 1.807) is 30.3 Å². The number of carbonyl (C=O) groups excluding carboxylic acids is 1. The molecule has 4 rings (SSSR count). The van der Waals surface area contributed by atoms with Crippen molar-refractivity contribution in [1.82, 2.24) is 9.80 Å². The molecule has 2 saturated heterocycles. The molecule has 0 atom stereocenters. The van der Waals surface area contributed by atoms with Gasteiger partial charge in [-0.3, -0.25) is 4.79 Å². The van der Waals surface area contributed by atoms with Gasteiger partial charge in [-0.2, -0.15) is 30.0 Å². The van der Waals surface area contributed by atoms with Crippen LogP contribution in [-0.4, -0.2) is 72.5 Å². The van der Waals surface area contributed by atoms with E-state index in [1.807, 2.05) is 18.6 Å². The van der Waals surface area contributed by atoms with Crippen molar-refractivity contribution in [1.29, 1.82) is 0 Å². The molecule has 2 heterocycles. The predicted octanol–water partition coefficient (Wildman–Crippen LogP) is 3.30. The summed E-state index contributed by atoms with van der Waals surface area (Å²) in [6.45, 7) is 9.95. The van der Waals surface area contributed by atoms with Crippen LogP contribution in [0.3, 0.4) is 0 Å². The van der Waals surface area contributed by atoms with E-state index in [-0.39, 0.29) is 42.9 Å². The van der Waals surface area contributed by atoms with Gasteiger partial charge < -0.3 is 14.9 Å². The molecule has 0 aliphatic carbocycles. The van der Waals surface area contributed by atoms with Crippen LogP contribution in [0.5, 0.6) is 0 Å². The van der Waals surface area contributed by atoms with Gasteiger partial charge in [0.15, 0.2) is 0 Å². The van der Waals surface area contributed by atoms with Crippen molar-refractivity contribution < 1.29 is 37.5 Å². The maximum Gasteiger partial charge on any atom is 1.00 e. The van der Waals surface area contributed by atoms with Crippen molar-refractivity contribution in [3.05, 3.63) is 59.7 Å². The molecule has 2 aliphatic rings. The van der Waals surface area contributed by atoms with Crippen molar-refractivity contribution in [2.75, 3.05) is 51.8 Å². The Morgan fingerprint density at radius 1 is 0.921 bits per heavy atom. The standard InChI is InChI=1S/C14H20FNOS.C7H6FS.C7H13NO.ClH.Li/c1-3-16-9-7-14(17,8-10-16)11-5-4-6-12(18-2)13(11)15;1-9-7-5-3-2-4-6(7)8;1-2-8-5-3-7(9)4-6-8;;/h4-6,17H,3,7-10H2,1-2H3;2-3,5H,1H3;2-6H2,1H3;1H;/q;-1;;;+1. The van der Waals surface area contributed by atoms with Gasteiger partial charge in [-0.15, -0.1) is 30.2 Å². The summed E-state index contributed by atoms with van der Waals surface area (Å²) in [5.74, 6) is -0.0813. The van der Waals surface area contributed by atoms with Crippen LogP contribution in [0.2, 0.25) is 0 Å². The quantitative estimate of drug-likeness (QED) is 0.333. The molecule has 10 heteroatoms. The van der Waals surface area contributed by atoms with E-state index >= 15 is 0 Å². The zero-order chi connectivity index (χ0) is 26.6. The number of benzene rings is 2. The molecular weight excluding hydrogens is 541 g/mol. The second-order valence-electron chi connectivity index (χ2n) is 8.81. The summed E-state index contributed by atoms with van der Waals surface area (Å²) < 4.78 is 26.8. The molecule has 2 aromatic rings.